The van der Waals surface area contributed by atoms with Crippen molar-refractivity contribution in [3.8, 4) is 5.75 Å². The first-order chi connectivity index (χ1) is 11.5. The van der Waals surface area contributed by atoms with Gasteiger partial charge in [-0.25, -0.2) is 4.39 Å². The van der Waals surface area contributed by atoms with E-state index in [4.69, 9.17) is 9.15 Å². The molecule has 1 aromatic carbocycles. The molecular formula is C18H25FIN3O2. The Balaban J connectivity index is 0.00000312. The van der Waals surface area contributed by atoms with Crippen LogP contribution in [0.5, 0.6) is 5.75 Å². The maximum Gasteiger partial charge on any atom is 0.191 e. The summed E-state index contributed by atoms with van der Waals surface area (Å²) in [5.74, 6) is 2.23. The van der Waals surface area contributed by atoms with E-state index in [0.29, 0.717) is 19.1 Å². The van der Waals surface area contributed by atoms with Crippen LogP contribution in [0.25, 0.3) is 0 Å². The highest BCUT2D eigenvalue weighted by Gasteiger charge is 2.11. The number of guanidine groups is 1. The number of furan rings is 1. The van der Waals surface area contributed by atoms with Gasteiger partial charge in [0.15, 0.2) is 17.5 Å². The van der Waals surface area contributed by atoms with Gasteiger partial charge in [0, 0.05) is 13.6 Å². The molecule has 1 unspecified atom stereocenters. The molecule has 1 heterocycles. The summed E-state index contributed by atoms with van der Waals surface area (Å²) in [5, 5.41) is 6.40. The van der Waals surface area contributed by atoms with Gasteiger partial charge in [0.05, 0.1) is 12.6 Å². The summed E-state index contributed by atoms with van der Waals surface area (Å²) in [6.45, 7) is 6.61. The van der Waals surface area contributed by atoms with E-state index < -0.39 is 0 Å². The number of benzene rings is 1. The van der Waals surface area contributed by atoms with Gasteiger partial charge in [-0.15, -0.1) is 24.0 Å². The molecule has 25 heavy (non-hydrogen) atoms. The van der Waals surface area contributed by atoms with E-state index in [0.717, 1.165) is 17.1 Å². The topological polar surface area (TPSA) is 58.8 Å². The molecule has 2 rings (SSSR count). The quantitative estimate of drug-likeness (QED) is 0.385. The Morgan fingerprint density at radius 1 is 1.32 bits per heavy atom. The van der Waals surface area contributed by atoms with Crippen molar-refractivity contribution in [2.75, 3.05) is 13.7 Å². The molecule has 0 spiro atoms. The van der Waals surface area contributed by atoms with Crippen LogP contribution in [0.3, 0.4) is 0 Å². The van der Waals surface area contributed by atoms with Gasteiger partial charge in [0.1, 0.15) is 11.5 Å². The number of nitrogens with one attached hydrogen (secondary N) is 2. The zero-order chi connectivity index (χ0) is 17.5. The number of halogens is 2. The number of ether oxygens (including phenoxy) is 1. The Labute approximate surface area is 165 Å². The van der Waals surface area contributed by atoms with Gasteiger partial charge in [-0.1, -0.05) is 6.07 Å². The summed E-state index contributed by atoms with van der Waals surface area (Å²) < 4.78 is 24.7. The minimum absolute atomic E-state index is 0. The highest BCUT2D eigenvalue weighted by molar-refractivity contribution is 14.0. The predicted octanol–water partition coefficient (Wildman–Crippen LogP) is 4.17. The van der Waals surface area contributed by atoms with Gasteiger partial charge in [0.2, 0.25) is 0 Å². The Morgan fingerprint density at radius 2 is 2.08 bits per heavy atom. The van der Waals surface area contributed by atoms with E-state index in [1.165, 1.54) is 6.07 Å². The fraction of sp³-hybridized carbons (Fsp3) is 0.389. The molecule has 7 heteroatoms. The van der Waals surface area contributed by atoms with Crippen LogP contribution in [-0.4, -0.2) is 19.6 Å². The van der Waals surface area contributed by atoms with Gasteiger partial charge in [-0.05, 0) is 50.6 Å². The Hall–Kier alpha value is -1.77. The van der Waals surface area contributed by atoms with Gasteiger partial charge in [-0.3, -0.25) is 4.99 Å². The molecule has 2 aromatic rings. The van der Waals surface area contributed by atoms with Crippen molar-refractivity contribution in [2.24, 2.45) is 4.99 Å². The summed E-state index contributed by atoms with van der Waals surface area (Å²) in [5.41, 5.74) is 0.806. The molecule has 5 nitrogen and oxygen atoms in total. The molecule has 0 radical (unpaired) electrons. The van der Waals surface area contributed by atoms with Gasteiger partial charge < -0.3 is 19.8 Å². The average Bonchev–Trinajstić information content (AvgIpc) is 3.00. The number of rotatable bonds is 6. The van der Waals surface area contributed by atoms with Crippen LogP contribution in [0.2, 0.25) is 0 Å². The van der Waals surface area contributed by atoms with Crippen LogP contribution in [0.15, 0.2) is 39.7 Å². The zero-order valence-corrected chi connectivity index (χ0v) is 17.3. The van der Waals surface area contributed by atoms with Crippen LogP contribution in [0.1, 0.15) is 37.0 Å². The van der Waals surface area contributed by atoms with Gasteiger partial charge in [0.25, 0.3) is 0 Å². The molecular weight excluding hydrogens is 436 g/mol. The van der Waals surface area contributed by atoms with E-state index in [1.54, 1.807) is 13.1 Å². The van der Waals surface area contributed by atoms with Crippen molar-refractivity contribution in [3.05, 3.63) is 53.2 Å². The molecule has 0 amide bonds. The van der Waals surface area contributed by atoms with E-state index in [-0.39, 0.29) is 41.6 Å². The highest BCUT2D eigenvalue weighted by atomic mass is 127. The van der Waals surface area contributed by atoms with Gasteiger partial charge in [-0.2, -0.15) is 0 Å². The molecule has 0 fully saturated rings. The number of aliphatic imine (C=N–C) groups is 1. The fourth-order valence-corrected chi connectivity index (χ4v) is 2.27. The number of hydrogen-bond donors (Lipinski definition) is 2. The zero-order valence-electron chi connectivity index (χ0n) is 14.9. The summed E-state index contributed by atoms with van der Waals surface area (Å²) in [6, 6.07) is 8.76. The second-order valence-corrected chi connectivity index (χ2v) is 5.44. The Kier molecular flexibility index (Phi) is 8.74. The Morgan fingerprint density at radius 3 is 2.64 bits per heavy atom. The Bertz CT molecular complexity index is 703. The van der Waals surface area contributed by atoms with E-state index >= 15 is 0 Å². The first kappa shape index (κ1) is 21.3. The standard InChI is InChI=1S/C18H24FN3O2.HI/c1-5-23-17-9-7-14(10-15(17)19)11-21-18(20-4)22-13(3)16-8-6-12(2)24-16;/h6-10,13H,5,11H2,1-4H3,(H2,20,21,22);1H. The lowest BCUT2D eigenvalue weighted by Crippen LogP contribution is -2.38. The maximum absolute atomic E-state index is 13.9. The minimum Gasteiger partial charge on any atom is -0.491 e. The molecule has 0 aliphatic rings. The first-order valence-corrected chi connectivity index (χ1v) is 7.98. The minimum atomic E-state index is -0.362. The first-order valence-electron chi connectivity index (χ1n) is 7.98. The number of hydrogen-bond acceptors (Lipinski definition) is 3. The summed E-state index contributed by atoms with van der Waals surface area (Å²) >= 11 is 0. The molecule has 0 aliphatic carbocycles. The predicted molar refractivity (Wildman–Crippen MR) is 108 cm³/mol. The molecule has 1 atom stereocenters. The normalized spacial score (nSPS) is 12.3. The van der Waals surface area contributed by atoms with E-state index in [1.807, 2.05) is 39.0 Å². The maximum atomic E-state index is 13.9. The van der Waals surface area contributed by atoms with Crippen molar-refractivity contribution in [3.63, 3.8) is 0 Å². The lowest BCUT2D eigenvalue weighted by molar-refractivity contribution is 0.321. The smallest absolute Gasteiger partial charge is 0.191 e. The molecule has 0 saturated carbocycles. The second kappa shape index (κ2) is 10.3. The van der Waals surface area contributed by atoms with Crippen molar-refractivity contribution >= 4 is 29.9 Å². The lowest BCUT2D eigenvalue weighted by atomic mass is 10.2. The highest BCUT2D eigenvalue weighted by Crippen LogP contribution is 2.18. The van der Waals surface area contributed by atoms with E-state index in [2.05, 4.69) is 15.6 Å². The SMILES string of the molecule is CCOc1ccc(CNC(=NC)NC(C)c2ccc(C)o2)cc1F.I. The molecule has 0 bridgehead atoms. The van der Waals surface area contributed by atoms with E-state index in [9.17, 15) is 4.39 Å². The average molecular weight is 461 g/mol. The van der Waals surface area contributed by atoms with Crippen LogP contribution in [0, 0.1) is 12.7 Å². The largest absolute Gasteiger partial charge is 0.491 e. The molecule has 0 saturated heterocycles. The summed E-state index contributed by atoms with van der Waals surface area (Å²) in [6.07, 6.45) is 0. The lowest BCUT2D eigenvalue weighted by Gasteiger charge is -2.16. The number of nitrogens with zero attached hydrogens (tertiary/aromatic N) is 1. The van der Waals surface area contributed by atoms with Crippen molar-refractivity contribution in [2.45, 2.75) is 33.4 Å². The molecule has 0 aliphatic heterocycles. The monoisotopic (exact) mass is 461 g/mol. The van der Waals surface area contributed by atoms with Crippen LogP contribution in [0.4, 0.5) is 4.39 Å². The number of aryl methyl sites for hydroxylation is 1. The van der Waals surface area contributed by atoms with Gasteiger partial charge >= 0.3 is 0 Å². The second-order valence-electron chi connectivity index (χ2n) is 5.44. The van der Waals surface area contributed by atoms with Crippen LogP contribution >= 0.6 is 24.0 Å². The third-order valence-electron chi connectivity index (χ3n) is 3.52. The molecule has 2 N–H and O–H groups in total. The molecule has 1 aromatic heterocycles. The summed E-state index contributed by atoms with van der Waals surface area (Å²) in [4.78, 5) is 4.18. The molecule has 138 valence electrons. The van der Waals surface area contributed by atoms with Crippen molar-refractivity contribution in [1.29, 1.82) is 0 Å². The van der Waals surface area contributed by atoms with Crippen molar-refractivity contribution in [1.82, 2.24) is 10.6 Å². The fourth-order valence-electron chi connectivity index (χ4n) is 2.27. The third kappa shape index (κ3) is 6.22. The van der Waals surface area contributed by atoms with Crippen molar-refractivity contribution < 1.29 is 13.5 Å². The third-order valence-corrected chi connectivity index (χ3v) is 3.52. The van der Waals surface area contributed by atoms with Crippen LogP contribution < -0.4 is 15.4 Å². The summed E-state index contributed by atoms with van der Waals surface area (Å²) in [7, 11) is 1.69. The van der Waals surface area contributed by atoms with Crippen LogP contribution in [-0.2, 0) is 6.54 Å².